The van der Waals surface area contributed by atoms with Crippen molar-refractivity contribution in [1.29, 1.82) is 0 Å². The van der Waals surface area contributed by atoms with Crippen LogP contribution < -0.4 is 10.1 Å². The molecular formula is C13H14BrNO2. The summed E-state index contributed by atoms with van der Waals surface area (Å²) in [6.45, 7) is 2.69. The molecule has 3 nitrogen and oxygen atoms in total. The molecule has 90 valence electrons. The molecule has 0 saturated heterocycles. The van der Waals surface area contributed by atoms with E-state index < -0.39 is 0 Å². The first-order chi connectivity index (χ1) is 8.20. The molecule has 17 heavy (non-hydrogen) atoms. The molecule has 1 aromatic heterocycles. The molecular weight excluding hydrogens is 282 g/mol. The van der Waals surface area contributed by atoms with Crippen LogP contribution in [0.4, 0.5) is 5.69 Å². The van der Waals surface area contributed by atoms with Crippen LogP contribution >= 0.6 is 15.9 Å². The van der Waals surface area contributed by atoms with Crippen LogP contribution in [0.15, 0.2) is 39.4 Å². The minimum Gasteiger partial charge on any atom is -0.497 e. The standard InChI is InChI=1S/C13H14BrNO2/c1-9-5-6-17-13(9)8-15-12-7-10(16-2)3-4-11(12)14/h3-7,15H,8H2,1-2H3. The molecule has 0 bridgehead atoms. The molecule has 4 heteroatoms. The van der Waals surface area contributed by atoms with Crippen molar-refractivity contribution in [2.75, 3.05) is 12.4 Å². The first kappa shape index (κ1) is 12.0. The minimum absolute atomic E-state index is 0.657. The van der Waals surface area contributed by atoms with E-state index >= 15 is 0 Å². The van der Waals surface area contributed by atoms with Crippen LogP contribution in [-0.4, -0.2) is 7.11 Å². The number of halogens is 1. The molecule has 2 rings (SSSR count). The Morgan fingerprint density at radius 3 is 2.82 bits per heavy atom. The lowest BCUT2D eigenvalue weighted by Crippen LogP contribution is -2.00. The van der Waals surface area contributed by atoms with E-state index in [1.165, 1.54) is 0 Å². The van der Waals surface area contributed by atoms with Gasteiger partial charge in [-0.1, -0.05) is 0 Å². The monoisotopic (exact) mass is 295 g/mol. The summed E-state index contributed by atoms with van der Waals surface area (Å²) in [4.78, 5) is 0. The van der Waals surface area contributed by atoms with Crippen molar-refractivity contribution in [2.45, 2.75) is 13.5 Å². The second kappa shape index (κ2) is 5.27. The predicted molar refractivity (Wildman–Crippen MR) is 71.5 cm³/mol. The van der Waals surface area contributed by atoms with E-state index in [1.54, 1.807) is 13.4 Å². The van der Waals surface area contributed by atoms with Gasteiger partial charge in [0.2, 0.25) is 0 Å². The number of rotatable bonds is 4. The fourth-order valence-electron chi connectivity index (χ4n) is 1.53. The van der Waals surface area contributed by atoms with Crippen molar-refractivity contribution in [3.8, 4) is 5.75 Å². The van der Waals surface area contributed by atoms with Gasteiger partial charge >= 0.3 is 0 Å². The Balaban J connectivity index is 2.11. The number of ether oxygens (including phenoxy) is 1. The van der Waals surface area contributed by atoms with Crippen molar-refractivity contribution >= 4 is 21.6 Å². The van der Waals surface area contributed by atoms with E-state index in [0.717, 1.165) is 27.2 Å². The third kappa shape index (κ3) is 2.82. The summed E-state index contributed by atoms with van der Waals surface area (Å²) in [7, 11) is 1.66. The second-order valence-corrected chi connectivity index (χ2v) is 4.58. The number of nitrogens with one attached hydrogen (secondary N) is 1. The number of hydrogen-bond acceptors (Lipinski definition) is 3. The van der Waals surface area contributed by atoms with E-state index in [0.29, 0.717) is 6.54 Å². The maximum absolute atomic E-state index is 5.37. The molecule has 1 aromatic carbocycles. The lowest BCUT2D eigenvalue weighted by Gasteiger charge is -2.09. The maximum atomic E-state index is 5.37. The highest BCUT2D eigenvalue weighted by molar-refractivity contribution is 9.10. The molecule has 0 atom stereocenters. The van der Waals surface area contributed by atoms with E-state index in [-0.39, 0.29) is 0 Å². The highest BCUT2D eigenvalue weighted by Crippen LogP contribution is 2.27. The molecule has 0 fully saturated rings. The van der Waals surface area contributed by atoms with Gasteiger partial charge in [-0.3, -0.25) is 0 Å². The van der Waals surface area contributed by atoms with E-state index in [2.05, 4.69) is 21.2 Å². The Morgan fingerprint density at radius 2 is 2.18 bits per heavy atom. The average molecular weight is 296 g/mol. The number of anilines is 1. The van der Waals surface area contributed by atoms with Crippen molar-refractivity contribution in [2.24, 2.45) is 0 Å². The molecule has 0 aliphatic carbocycles. The van der Waals surface area contributed by atoms with Crippen LogP contribution in [-0.2, 0) is 6.54 Å². The Morgan fingerprint density at radius 1 is 1.35 bits per heavy atom. The maximum Gasteiger partial charge on any atom is 0.125 e. The summed E-state index contributed by atoms with van der Waals surface area (Å²) >= 11 is 3.49. The molecule has 0 saturated carbocycles. The van der Waals surface area contributed by atoms with Crippen LogP contribution in [0.25, 0.3) is 0 Å². The molecule has 0 spiro atoms. The normalized spacial score (nSPS) is 10.3. The zero-order valence-corrected chi connectivity index (χ0v) is 11.4. The third-order valence-corrected chi connectivity index (χ3v) is 3.27. The number of furan rings is 1. The molecule has 1 heterocycles. The van der Waals surface area contributed by atoms with Gasteiger partial charge in [-0.2, -0.15) is 0 Å². The second-order valence-electron chi connectivity index (χ2n) is 3.73. The van der Waals surface area contributed by atoms with Gasteiger partial charge in [0.15, 0.2) is 0 Å². The largest absolute Gasteiger partial charge is 0.497 e. The third-order valence-electron chi connectivity index (χ3n) is 2.58. The first-order valence-electron chi connectivity index (χ1n) is 5.31. The summed E-state index contributed by atoms with van der Waals surface area (Å²) in [5.41, 5.74) is 2.14. The Labute approximate surface area is 109 Å². The van der Waals surface area contributed by atoms with Gasteiger partial charge in [-0.15, -0.1) is 0 Å². The SMILES string of the molecule is COc1ccc(Br)c(NCc2occc2C)c1. The molecule has 0 aliphatic heterocycles. The van der Waals surface area contributed by atoms with Crippen LogP contribution in [0.5, 0.6) is 5.75 Å². The van der Waals surface area contributed by atoms with Gasteiger partial charge in [0.25, 0.3) is 0 Å². The average Bonchev–Trinajstić information content (AvgIpc) is 2.74. The fraction of sp³-hybridized carbons (Fsp3) is 0.231. The number of hydrogen-bond donors (Lipinski definition) is 1. The van der Waals surface area contributed by atoms with E-state index in [1.807, 2.05) is 31.2 Å². The number of methoxy groups -OCH3 is 1. The van der Waals surface area contributed by atoms with Crippen LogP contribution in [0.3, 0.4) is 0 Å². The summed E-state index contributed by atoms with van der Waals surface area (Å²) < 4.78 is 11.6. The van der Waals surface area contributed by atoms with Crippen molar-refractivity contribution in [3.63, 3.8) is 0 Å². The van der Waals surface area contributed by atoms with Crippen LogP contribution in [0.2, 0.25) is 0 Å². The number of benzene rings is 1. The molecule has 2 aromatic rings. The predicted octanol–water partition coefficient (Wildman–Crippen LogP) is 3.97. The van der Waals surface area contributed by atoms with E-state index in [4.69, 9.17) is 9.15 Å². The smallest absolute Gasteiger partial charge is 0.125 e. The molecule has 1 N–H and O–H groups in total. The lowest BCUT2D eigenvalue weighted by atomic mass is 10.2. The van der Waals surface area contributed by atoms with Gasteiger partial charge in [0.1, 0.15) is 11.5 Å². The summed E-state index contributed by atoms with van der Waals surface area (Å²) in [6.07, 6.45) is 1.70. The van der Waals surface area contributed by atoms with Crippen LogP contribution in [0.1, 0.15) is 11.3 Å². The van der Waals surface area contributed by atoms with Gasteiger partial charge in [0, 0.05) is 10.5 Å². The van der Waals surface area contributed by atoms with Gasteiger partial charge in [0.05, 0.1) is 25.6 Å². The van der Waals surface area contributed by atoms with Gasteiger partial charge in [-0.05, 0) is 46.6 Å². The Hall–Kier alpha value is -1.42. The Kier molecular flexibility index (Phi) is 3.74. The molecule has 0 aliphatic rings. The Bertz CT molecular complexity index is 508. The molecule has 0 unspecified atom stereocenters. The highest BCUT2D eigenvalue weighted by Gasteiger charge is 2.05. The van der Waals surface area contributed by atoms with Gasteiger partial charge in [-0.25, -0.2) is 0 Å². The lowest BCUT2D eigenvalue weighted by molar-refractivity contribution is 0.415. The number of aryl methyl sites for hydroxylation is 1. The fourth-order valence-corrected chi connectivity index (χ4v) is 1.91. The summed E-state index contributed by atoms with van der Waals surface area (Å²) in [6, 6.07) is 7.77. The quantitative estimate of drug-likeness (QED) is 0.927. The topological polar surface area (TPSA) is 34.4 Å². The van der Waals surface area contributed by atoms with Crippen LogP contribution in [0, 0.1) is 6.92 Å². The van der Waals surface area contributed by atoms with Crippen molar-refractivity contribution in [1.82, 2.24) is 0 Å². The van der Waals surface area contributed by atoms with Crippen molar-refractivity contribution < 1.29 is 9.15 Å². The highest BCUT2D eigenvalue weighted by atomic mass is 79.9. The van der Waals surface area contributed by atoms with Gasteiger partial charge < -0.3 is 14.5 Å². The summed E-state index contributed by atoms with van der Waals surface area (Å²) in [5, 5.41) is 3.31. The first-order valence-corrected chi connectivity index (χ1v) is 6.10. The molecule has 0 radical (unpaired) electrons. The molecule has 0 amide bonds. The van der Waals surface area contributed by atoms with E-state index in [9.17, 15) is 0 Å². The zero-order valence-electron chi connectivity index (χ0n) is 9.79. The zero-order chi connectivity index (χ0) is 12.3. The van der Waals surface area contributed by atoms with Crippen molar-refractivity contribution in [3.05, 3.63) is 46.3 Å². The summed E-state index contributed by atoms with van der Waals surface area (Å²) in [5.74, 6) is 1.77. The minimum atomic E-state index is 0.657.